The van der Waals surface area contributed by atoms with Gasteiger partial charge in [-0.2, -0.15) is 9.97 Å². The minimum atomic E-state index is 0.550. The lowest BCUT2D eigenvalue weighted by atomic mass is 9.96. The van der Waals surface area contributed by atoms with Crippen molar-refractivity contribution in [2.75, 3.05) is 0 Å². The van der Waals surface area contributed by atoms with E-state index in [2.05, 4.69) is 174 Å². The largest absolute Gasteiger partial charge is 0.455 e. The van der Waals surface area contributed by atoms with Gasteiger partial charge in [0.1, 0.15) is 11.2 Å². The third-order valence-corrected chi connectivity index (χ3v) is 11.2. The van der Waals surface area contributed by atoms with Crippen LogP contribution in [-0.2, 0) is 0 Å². The molecule has 56 heavy (non-hydrogen) atoms. The number of aromatic nitrogens is 4. The van der Waals surface area contributed by atoms with E-state index in [-0.39, 0.29) is 0 Å². The van der Waals surface area contributed by atoms with Gasteiger partial charge in [-0.3, -0.25) is 4.57 Å². The summed E-state index contributed by atoms with van der Waals surface area (Å²) in [6.45, 7) is 0. The molecule has 0 radical (unpaired) electrons. The molecule has 0 saturated heterocycles. The second kappa shape index (κ2) is 11.9. The first-order valence-electron chi connectivity index (χ1n) is 18.9. The first kappa shape index (κ1) is 30.8. The van der Waals surface area contributed by atoms with Crippen molar-refractivity contribution in [1.82, 2.24) is 19.5 Å². The Morgan fingerprint density at radius 3 is 1.80 bits per heavy atom. The van der Waals surface area contributed by atoms with Crippen molar-refractivity contribution in [2.45, 2.75) is 0 Å². The summed E-state index contributed by atoms with van der Waals surface area (Å²) >= 11 is 0. The third kappa shape index (κ3) is 4.64. The molecule has 0 N–H and O–H groups in total. The fraction of sp³-hybridized carbons (Fsp3) is 0. The van der Waals surface area contributed by atoms with E-state index >= 15 is 0 Å². The number of hydrogen-bond donors (Lipinski definition) is 0. The van der Waals surface area contributed by atoms with Gasteiger partial charge >= 0.3 is 0 Å². The van der Waals surface area contributed by atoms with E-state index in [4.69, 9.17) is 19.4 Å². The highest BCUT2D eigenvalue weighted by atomic mass is 16.3. The molecule has 0 unspecified atom stereocenters. The van der Waals surface area contributed by atoms with Crippen LogP contribution in [-0.4, -0.2) is 19.5 Å². The van der Waals surface area contributed by atoms with Gasteiger partial charge in [-0.05, 0) is 74.5 Å². The van der Waals surface area contributed by atoms with Crippen molar-refractivity contribution in [3.05, 3.63) is 182 Å². The zero-order valence-corrected chi connectivity index (χ0v) is 30.0. The summed E-state index contributed by atoms with van der Waals surface area (Å²) in [5, 5.41) is 11.1. The number of rotatable bonds is 4. The van der Waals surface area contributed by atoms with Crippen LogP contribution >= 0.6 is 0 Å². The van der Waals surface area contributed by atoms with Crippen LogP contribution in [0.15, 0.2) is 186 Å². The molecule has 0 aliphatic rings. The summed E-state index contributed by atoms with van der Waals surface area (Å²) < 4.78 is 8.84. The highest BCUT2D eigenvalue weighted by Crippen LogP contribution is 2.42. The van der Waals surface area contributed by atoms with Crippen molar-refractivity contribution in [2.24, 2.45) is 0 Å². The Kier molecular flexibility index (Phi) is 6.56. The molecule has 12 rings (SSSR count). The van der Waals surface area contributed by atoms with Gasteiger partial charge in [-0.1, -0.05) is 146 Å². The average molecular weight is 715 g/mol. The van der Waals surface area contributed by atoms with Crippen LogP contribution in [0.1, 0.15) is 0 Å². The number of para-hydroxylation sites is 2. The summed E-state index contributed by atoms with van der Waals surface area (Å²) in [6, 6.07) is 63.9. The topological polar surface area (TPSA) is 56.7 Å². The van der Waals surface area contributed by atoms with Gasteiger partial charge in [0.15, 0.2) is 11.6 Å². The van der Waals surface area contributed by atoms with E-state index in [1.807, 2.05) is 12.1 Å². The molecule has 9 aromatic carbocycles. The van der Waals surface area contributed by atoms with Crippen LogP contribution in [0.5, 0.6) is 0 Å². The summed E-state index contributed by atoms with van der Waals surface area (Å²) in [7, 11) is 0. The molecule has 3 heterocycles. The molecule has 0 atom stereocenters. The van der Waals surface area contributed by atoms with E-state index in [1.54, 1.807) is 0 Å². The molecular weight excluding hydrogens is 685 g/mol. The molecule has 260 valence electrons. The SMILES string of the molecule is c1ccc(-c2nc(-c3cc4ccccc4c4oc5ccccc5c34)nc(-n3c4ccccc4c4cc5ccccc5cc43)n2)c(-c2ccc3ccccc3c2)c1. The Morgan fingerprint density at radius 1 is 0.375 bits per heavy atom. The van der Waals surface area contributed by atoms with E-state index in [0.29, 0.717) is 17.6 Å². The quantitative estimate of drug-likeness (QED) is 0.182. The van der Waals surface area contributed by atoms with Crippen LogP contribution in [0.25, 0.3) is 116 Å². The van der Waals surface area contributed by atoms with E-state index in [9.17, 15) is 0 Å². The Balaban J connectivity index is 1.20. The minimum absolute atomic E-state index is 0.550. The summed E-state index contributed by atoms with van der Waals surface area (Å²) in [5.74, 6) is 1.72. The van der Waals surface area contributed by atoms with Crippen molar-refractivity contribution < 1.29 is 4.42 Å². The smallest absolute Gasteiger partial charge is 0.238 e. The monoisotopic (exact) mass is 714 g/mol. The third-order valence-electron chi connectivity index (χ3n) is 11.2. The van der Waals surface area contributed by atoms with Crippen molar-refractivity contribution in [3.63, 3.8) is 0 Å². The number of fused-ring (bicyclic) bond motifs is 10. The van der Waals surface area contributed by atoms with Crippen molar-refractivity contribution >= 4 is 76.1 Å². The van der Waals surface area contributed by atoms with Gasteiger partial charge in [0.25, 0.3) is 0 Å². The number of hydrogen-bond acceptors (Lipinski definition) is 4. The maximum atomic E-state index is 6.64. The first-order valence-corrected chi connectivity index (χ1v) is 18.9. The molecule has 5 heteroatoms. The lowest BCUT2D eigenvalue weighted by Gasteiger charge is -2.14. The maximum Gasteiger partial charge on any atom is 0.238 e. The Bertz CT molecular complexity index is 3560. The molecule has 0 saturated carbocycles. The molecule has 0 aliphatic heterocycles. The predicted octanol–water partition coefficient (Wildman–Crippen LogP) is 13.3. The molecule has 0 fully saturated rings. The lowest BCUT2D eigenvalue weighted by molar-refractivity contribution is 0.672. The number of benzene rings is 9. The molecule has 0 amide bonds. The fourth-order valence-electron chi connectivity index (χ4n) is 8.60. The number of nitrogens with zero attached hydrogens (tertiary/aromatic N) is 4. The van der Waals surface area contributed by atoms with Crippen LogP contribution in [0, 0.1) is 0 Å². The molecule has 0 aliphatic carbocycles. The van der Waals surface area contributed by atoms with Gasteiger partial charge < -0.3 is 4.42 Å². The van der Waals surface area contributed by atoms with Gasteiger partial charge in [0.2, 0.25) is 5.95 Å². The lowest BCUT2D eigenvalue weighted by Crippen LogP contribution is -2.07. The van der Waals surface area contributed by atoms with Crippen molar-refractivity contribution in [3.8, 4) is 39.9 Å². The summed E-state index contributed by atoms with van der Waals surface area (Å²) in [5.41, 5.74) is 7.67. The predicted molar refractivity (Wildman–Crippen MR) is 230 cm³/mol. The molecule has 5 nitrogen and oxygen atoms in total. The zero-order valence-electron chi connectivity index (χ0n) is 30.0. The molecule has 3 aromatic heterocycles. The first-order chi connectivity index (χ1) is 27.7. The van der Waals surface area contributed by atoms with Gasteiger partial charge in [0.05, 0.1) is 11.0 Å². The second-order valence-corrected chi connectivity index (χ2v) is 14.4. The van der Waals surface area contributed by atoms with Gasteiger partial charge in [-0.15, -0.1) is 0 Å². The molecule has 0 bridgehead atoms. The average Bonchev–Trinajstić information content (AvgIpc) is 3.81. The fourth-order valence-corrected chi connectivity index (χ4v) is 8.60. The van der Waals surface area contributed by atoms with Crippen molar-refractivity contribution in [1.29, 1.82) is 0 Å². The highest BCUT2D eigenvalue weighted by Gasteiger charge is 2.23. The minimum Gasteiger partial charge on any atom is -0.455 e. The normalized spacial score (nSPS) is 11.9. The van der Waals surface area contributed by atoms with Gasteiger partial charge in [-0.25, -0.2) is 4.98 Å². The number of furan rings is 1. The Labute approximate surface area is 320 Å². The van der Waals surface area contributed by atoms with Crippen LogP contribution < -0.4 is 0 Å². The zero-order chi connectivity index (χ0) is 36.7. The summed E-state index contributed by atoms with van der Waals surface area (Å²) in [4.78, 5) is 16.3. The van der Waals surface area contributed by atoms with E-state index < -0.39 is 0 Å². The highest BCUT2D eigenvalue weighted by molar-refractivity contribution is 6.21. The molecule has 12 aromatic rings. The summed E-state index contributed by atoms with van der Waals surface area (Å²) in [6.07, 6.45) is 0. The molecular formula is C51H30N4O. The Hall–Kier alpha value is -7.63. The van der Waals surface area contributed by atoms with Crippen LogP contribution in [0.2, 0.25) is 0 Å². The van der Waals surface area contributed by atoms with E-state index in [0.717, 1.165) is 82.2 Å². The standard InChI is InChI=1S/C51H30N4O/c1-2-14-32-27-36(26-25-31(32)13-1)37-18-7-8-21-40(37)49-52-50(43-29-35-17-5-6-19-38(35)48-47(43)41-22-10-12-24-46(41)56-48)54-51(53-49)55-44-23-11-9-20-39(44)42-28-33-15-3-4-16-34(33)30-45(42)55/h1-30H. The second-order valence-electron chi connectivity index (χ2n) is 14.4. The van der Waals surface area contributed by atoms with Crippen LogP contribution in [0.4, 0.5) is 0 Å². The Morgan fingerprint density at radius 2 is 0.982 bits per heavy atom. The van der Waals surface area contributed by atoms with Gasteiger partial charge in [0, 0.05) is 38.1 Å². The van der Waals surface area contributed by atoms with Crippen LogP contribution in [0.3, 0.4) is 0 Å². The van der Waals surface area contributed by atoms with E-state index in [1.165, 1.54) is 16.2 Å². The maximum absolute atomic E-state index is 6.64. The molecule has 0 spiro atoms.